The molecule has 2 heterocycles. The molecule has 0 aliphatic rings. The third-order valence-electron chi connectivity index (χ3n) is 9.07. The summed E-state index contributed by atoms with van der Waals surface area (Å²) in [6.45, 7) is 5.48. The molecule has 0 fully saturated rings. The van der Waals surface area contributed by atoms with E-state index in [1.165, 1.54) is 0 Å². The Kier molecular flexibility index (Phi) is 26.4. The number of carbonyl (C=O) groups excluding carboxylic acids is 3. The van der Waals surface area contributed by atoms with Crippen LogP contribution >= 0.6 is 35.3 Å². The monoisotopic (exact) mass is 893 g/mol. The van der Waals surface area contributed by atoms with Crippen molar-refractivity contribution in [3.63, 3.8) is 0 Å². The lowest BCUT2D eigenvalue weighted by Gasteiger charge is -2.30. The van der Waals surface area contributed by atoms with E-state index >= 15 is 0 Å². The highest BCUT2D eigenvalue weighted by molar-refractivity contribution is 7.99. The molecule has 338 valence electrons. The summed E-state index contributed by atoms with van der Waals surface area (Å²) >= 11 is 4.97. The molecule has 0 saturated heterocycles. The van der Waals surface area contributed by atoms with Crippen LogP contribution in [0.3, 0.4) is 0 Å². The molecule has 59 heavy (non-hydrogen) atoms. The molecule has 2 rings (SSSR count). The first-order valence-electron chi connectivity index (χ1n) is 20.1. The standard InChI is InChI=1S/C37H67N9O10S3/c1-4-13-57-16-8-32(52)38-35(3,28-55-21-30-19-45(43-41-30)11-6-14-58-17-9-33(53)39-36(5-2,23-47)24-48)29-56-22-31-20-46(44-42-31)12-7-15-59-18-10-34(54)40-37(25-49,26-50)27-51/h19-20,47-51H,4-18,21-29H2,1-3H3,(H,38,52)(H,39,53)(H,40,54). The maximum atomic E-state index is 12.9. The maximum absolute atomic E-state index is 12.9. The lowest BCUT2D eigenvalue weighted by atomic mass is 9.98. The molecule has 2 aromatic heterocycles. The molecule has 0 radical (unpaired) electrons. The number of carbonyl (C=O) groups is 3. The van der Waals surface area contributed by atoms with Crippen LogP contribution in [0, 0.1) is 0 Å². The predicted molar refractivity (Wildman–Crippen MR) is 229 cm³/mol. The van der Waals surface area contributed by atoms with E-state index in [2.05, 4.69) is 43.5 Å². The Labute approximate surface area is 360 Å². The molecule has 0 aliphatic carbocycles. The van der Waals surface area contributed by atoms with Gasteiger partial charge in [-0.1, -0.05) is 24.3 Å². The van der Waals surface area contributed by atoms with E-state index in [4.69, 9.17) is 9.47 Å². The number of nitrogens with zero attached hydrogens (tertiary/aromatic N) is 6. The Hall–Kier alpha value is -2.54. The van der Waals surface area contributed by atoms with Crippen LogP contribution in [0.5, 0.6) is 0 Å². The minimum Gasteiger partial charge on any atom is -0.394 e. The Morgan fingerprint density at radius 2 is 1.03 bits per heavy atom. The van der Waals surface area contributed by atoms with E-state index in [9.17, 15) is 39.9 Å². The lowest BCUT2D eigenvalue weighted by molar-refractivity contribution is -0.125. The zero-order valence-electron chi connectivity index (χ0n) is 34.8. The van der Waals surface area contributed by atoms with Crippen LogP contribution in [0.2, 0.25) is 0 Å². The second kappa shape index (κ2) is 29.7. The molecule has 1 unspecified atom stereocenters. The van der Waals surface area contributed by atoms with Crippen LogP contribution < -0.4 is 16.0 Å². The van der Waals surface area contributed by atoms with Gasteiger partial charge in [0.25, 0.3) is 0 Å². The summed E-state index contributed by atoms with van der Waals surface area (Å²) in [7, 11) is 0. The van der Waals surface area contributed by atoms with E-state index in [-0.39, 0.29) is 63.8 Å². The fourth-order valence-electron chi connectivity index (χ4n) is 5.33. The zero-order valence-corrected chi connectivity index (χ0v) is 37.3. The van der Waals surface area contributed by atoms with E-state index in [0.29, 0.717) is 55.2 Å². The normalized spacial score (nSPS) is 13.0. The van der Waals surface area contributed by atoms with E-state index < -0.39 is 36.4 Å². The topological polar surface area (TPSA) is 268 Å². The van der Waals surface area contributed by atoms with Gasteiger partial charge in [-0.3, -0.25) is 23.7 Å². The minimum absolute atomic E-state index is 0.0878. The molecule has 0 saturated carbocycles. The third-order valence-corrected chi connectivity index (χ3v) is 12.4. The first-order chi connectivity index (χ1) is 28.4. The van der Waals surface area contributed by atoms with Gasteiger partial charge in [0, 0.05) is 49.6 Å². The van der Waals surface area contributed by atoms with Crippen molar-refractivity contribution in [3.8, 4) is 0 Å². The van der Waals surface area contributed by atoms with Crippen LogP contribution in [-0.2, 0) is 50.2 Å². The van der Waals surface area contributed by atoms with Crippen molar-refractivity contribution < 1.29 is 49.4 Å². The summed E-state index contributed by atoms with van der Waals surface area (Å²) < 4.78 is 15.5. The highest BCUT2D eigenvalue weighted by Gasteiger charge is 2.30. The van der Waals surface area contributed by atoms with Gasteiger partial charge >= 0.3 is 0 Å². The van der Waals surface area contributed by atoms with Crippen LogP contribution in [0.15, 0.2) is 12.4 Å². The first-order valence-corrected chi connectivity index (χ1v) is 23.5. The number of hydrogen-bond acceptors (Lipinski definition) is 17. The van der Waals surface area contributed by atoms with Gasteiger partial charge in [-0.2, -0.15) is 35.3 Å². The molecular formula is C37H67N9O10S3. The third kappa shape index (κ3) is 21.2. The van der Waals surface area contributed by atoms with Crippen LogP contribution in [-0.4, -0.2) is 171 Å². The molecular weight excluding hydrogens is 827 g/mol. The van der Waals surface area contributed by atoms with Crippen molar-refractivity contribution in [2.24, 2.45) is 0 Å². The number of nitrogens with one attached hydrogen (secondary N) is 3. The number of thioether (sulfide) groups is 3. The van der Waals surface area contributed by atoms with E-state index in [1.54, 1.807) is 51.6 Å². The SMILES string of the molecule is CCCSCCC(=O)NC(C)(COCc1cn(CCCSCCC(=O)NC(CC)(CO)CO)nn1)COCc1cn(CCCSCCC(=O)NC(CO)(CO)CO)nn1. The molecule has 22 heteroatoms. The summed E-state index contributed by atoms with van der Waals surface area (Å²) in [6, 6.07) is 0. The van der Waals surface area contributed by atoms with E-state index in [0.717, 1.165) is 42.3 Å². The molecule has 0 spiro atoms. The molecule has 1 atom stereocenters. The van der Waals surface area contributed by atoms with Gasteiger partial charge in [0.1, 0.15) is 16.9 Å². The van der Waals surface area contributed by atoms with E-state index in [1.807, 2.05) is 19.3 Å². The van der Waals surface area contributed by atoms with Crippen LogP contribution in [0.1, 0.15) is 77.1 Å². The molecule has 0 aromatic carbocycles. The summed E-state index contributed by atoms with van der Waals surface area (Å²) in [6.07, 6.45) is 7.59. The van der Waals surface area contributed by atoms with Crippen molar-refractivity contribution in [2.75, 3.05) is 80.8 Å². The number of hydrogen-bond donors (Lipinski definition) is 8. The van der Waals surface area contributed by atoms with Gasteiger partial charge in [0.2, 0.25) is 17.7 Å². The average Bonchev–Trinajstić information content (AvgIpc) is 3.89. The van der Waals surface area contributed by atoms with Crippen LogP contribution in [0.25, 0.3) is 0 Å². The zero-order chi connectivity index (χ0) is 43.4. The fraction of sp³-hybridized carbons (Fsp3) is 0.811. The lowest BCUT2D eigenvalue weighted by Crippen LogP contribution is -2.57. The number of aromatic nitrogens is 6. The molecule has 19 nitrogen and oxygen atoms in total. The van der Waals surface area contributed by atoms with Crippen molar-refractivity contribution in [3.05, 3.63) is 23.8 Å². The van der Waals surface area contributed by atoms with Crippen molar-refractivity contribution >= 4 is 53.0 Å². The Balaban J connectivity index is 1.76. The van der Waals surface area contributed by atoms with Crippen molar-refractivity contribution in [1.82, 2.24) is 45.9 Å². The molecule has 3 amide bonds. The summed E-state index contributed by atoms with van der Waals surface area (Å²) in [5, 5.41) is 72.3. The number of aryl methyl sites for hydroxylation is 2. The van der Waals surface area contributed by atoms with Crippen molar-refractivity contribution in [1.29, 1.82) is 0 Å². The fourth-order valence-corrected chi connectivity index (χ4v) is 7.89. The van der Waals surface area contributed by atoms with Gasteiger partial charge in [0.15, 0.2) is 0 Å². The largest absolute Gasteiger partial charge is 0.394 e. The average molecular weight is 894 g/mol. The smallest absolute Gasteiger partial charge is 0.221 e. The Morgan fingerprint density at radius 1 is 0.627 bits per heavy atom. The van der Waals surface area contributed by atoms with Crippen molar-refractivity contribution in [2.45, 2.75) is 109 Å². The summed E-state index contributed by atoms with van der Waals surface area (Å²) in [4.78, 5) is 37.3. The maximum Gasteiger partial charge on any atom is 0.221 e. The molecule has 2 aromatic rings. The number of ether oxygens (including phenoxy) is 2. The highest BCUT2D eigenvalue weighted by atomic mass is 32.2. The first kappa shape index (κ1) is 52.6. The Morgan fingerprint density at radius 3 is 1.44 bits per heavy atom. The van der Waals surface area contributed by atoms with Gasteiger partial charge in [-0.25, -0.2) is 0 Å². The summed E-state index contributed by atoms with van der Waals surface area (Å²) in [5.41, 5.74) is -1.94. The Bertz CT molecular complexity index is 1360. The number of aliphatic hydroxyl groups excluding tert-OH is 5. The molecule has 0 bridgehead atoms. The predicted octanol–water partition coefficient (Wildman–Crippen LogP) is 0.120. The molecule has 0 aliphatic heterocycles. The second-order valence-electron chi connectivity index (χ2n) is 14.6. The molecule has 8 N–H and O–H groups in total. The number of amides is 3. The minimum atomic E-state index is -1.42. The highest BCUT2D eigenvalue weighted by Crippen LogP contribution is 2.14. The van der Waals surface area contributed by atoms with Gasteiger partial charge < -0.3 is 51.0 Å². The van der Waals surface area contributed by atoms with Gasteiger partial charge in [0.05, 0.1) is 82.9 Å². The van der Waals surface area contributed by atoms with Gasteiger partial charge in [-0.15, -0.1) is 10.2 Å². The van der Waals surface area contributed by atoms with Gasteiger partial charge in [-0.05, 0) is 49.9 Å². The quantitative estimate of drug-likeness (QED) is 0.0422. The second-order valence-corrected chi connectivity index (χ2v) is 18.3. The van der Waals surface area contributed by atoms with Crippen LogP contribution in [0.4, 0.5) is 0 Å². The number of aliphatic hydroxyl groups is 5. The summed E-state index contributed by atoms with van der Waals surface area (Å²) in [5.74, 6) is 3.84. The number of rotatable bonds is 36.